The molecule has 1 N–H and O–H groups in total. The Morgan fingerprint density at radius 3 is 2.50 bits per heavy atom. The van der Waals surface area contributed by atoms with Crippen molar-refractivity contribution in [3.63, 3.8) is 0 Å². The van der Waals surface area contributed by atoms with E-state index in [1.807, 2.05) is 18.8 Å². The minimum atomic E-state index is 0. The molecule has 0 aromatic rings. The number of likely N-dealkylation sites (tertiary alicyclic amines) is 1. The third-order valence-electron chi connectivity index (χ3n) is 5.33. The SMILES string of the molecule is CCC1(C)CCN(C(=NC)NCC2(SC)CCOCC2)C1.I. The van der Waals surface area contributed by atoms with Gasteiger partial charge in [0.25, 0.3) is 0 Å². The zero-order valence-corrected chi connectivity index (χ0v) is 17.6. The molecular formula is C16H32IN3OS. The minimum absolute atomic E-state index is 0. The summed E-state index contributed by atoms with van der Waals surface area (Å²) >= 11 is 1.98. The predicted octanol–water partition coefficient (Wildman–Crippen LogP) is 3.21. The van der Waals surface area contributed by atoms with Crippen LogP contribution in [-0.4, -0.2) is 61.8 Å². The van der Waals surface area contributed by atoms with Gasteiger partial charge in [-0.15, -0.1) is 24.0 Å². The summed E-state index contributed by atoms with van der Waals surface area (Å²) in [5.41, 5.74) is 0.452. The van der Waals surface area contributed by atoms with Crippen LogP contribution in [0.15, 0.2) is 4.99 Å². The van der Waals surface area contributed by atoms with Crippen molar-refractivity contribution in [3.05, 3.63) is 0 Å². The third kappa shape index (κ3) is 4.90. The second-order valence-electron chi connectivity index (χ2n) is 6.74. The summed E-state index contributed by atoms with van der Waals surface area (Å²) in [6, 6.07) is 0. The summed E-state index contributed by atoms with van der Waals surface area (Å²) in [5.74, 6) is 1.08. The first-order valence-electron chi connectivity index (χ1n) is 8.15. The van der Waals surface area contributed by atoms with E-state index in [0.717, 1.165) is 51.6 Å². The Hall–Kier alpha value is 0.310. The van der Waals surface area contributed by atoms with E-state index in [1.54, 1.807) is 0 Å². The number of nitrogens with zero attached hydrogens (tertiary/aromatic N) is 2. The molecule has 2 fully saturated rings. The largest absolute Gasteiger partial charge is 0.381 e. The molecule has 130 valence electrons. The number of guanidine groups is 1. The molecule has 0 aromatic heterocycles. The van der Waals surface area contributed by atoms with Crippen molar-refractivity contribution in [2.75, 3.05) is 46.2 Å². The second kappa shape index (κ2) is 8.97. The molecule has 2 aliphatic rings. The lowest BCUT2D eigenvalue weighted by Crippen LogP contribution is -2.49. The average molecular weight is 441 g/mol. The van der Waals surface area contributed by atoms with Crippen LogP contribution < -0.4 is 5.32 Å². The fourth-order valence-electron chi connectivity index (χ4n) is 3.26. The van der Waals surface area contributed by atoms with Crippen molar-refractivity contribution >= 4 is 41.7 Å². The monoisotopic (exact) mass is 441 g/mol. The van der Waals surface area contributed by atoms with E-state index in [9.17, 15) is 0 Å². The molecule has 6 heteroatoms. The van der Waals surface area contributed by atoms with Crippen LogP contribution in [0.3, 0.4) is 0 Å². The number of hydrogen-bond acceptors (Lipinski definition) is 3. The summed E-state index contributed by atoms with van der Waals surface area (Å²) in [7, 11) is 1.90. The quantitative estimate of drug-likeness (QED) is 0.413. The number of thioether (sulfide) groups is 1. The van der Waals surface area contributed by atoms with Crippen molar-refractivity contribution in [3.8, 4) is 0 Å². The third-order valence-corrected chi connectivity index (χ3v) is 6.75. The van der Waals surface area contributed by atoms with Gasteiger partial charge in [-0.3, -0.25) is 4.99 Å². The standard InChI is InChI=1S/C16H31N3OS.HI/c1-5-15(2)6-9-19(13-15)14(17-3)18-12-16(21-4)7-10-20-11-8-16;/h5-13H2,1-4H3,(H,17,18);1H. The van der Waals surface area contributed by atoms with Crippen molar-refractivity contribution in [1.29, 1.82) is 0 Å². The molecule has 4 nitrogen and oxygen atoms in total. The highest BCUT2D eigenvalue weighted by atomic mass is 127. The van der Waals surface area contributed by atoms with Gasteiger partial charge in [0.1, 0.15) is 0 Å². The Balaban J connectivity index is 0.00000242. The number of rotatable bonds is 4. The lowest BCUT2D eigenvalue weighted by Gasteiger charge is -2.37. The predicted molar refractivity (Wildman–Crippen MR) is 108 cm³/mol. The van der Waals surface area contributed by atoms with Gasteiger partial charge in [0.2, 0.25) is 0 Å². The second-order valence-corrected chi connectivity index (χ2v) is 8.01. The van der Waals surface area contributed by atoms with Gasteiger partial charge < -0.3 is 15.0 Å². The molecule has 2 saturated heterocycles. The van der Waals surface area contributed by atoms with Crippen molar-refractivity contribution in [1.82, 2.24) is 10.2 Å². The van der Waals surface area contributed by atoms with Crippen LogP contribution in [0.1, 0.15) is 39.5 Å². The van der Waals surface area contributed by atoms with E-state index in [-0.39, 0.29) is 24.0 Å². The number of aliphatic imine (C=N–C) groups is 1. The van der Waals surface area contributed by atoms with E-state index in [1.165, 1.54) is 12.8 Å². The van der Waals surface area contributed by atoms with Crippen molar-refractivity contribution in [2.45, 2.75) is 44.3 Å². The van der Waals surface area contributed by atoms with Crippen LogP contribution in [0, 0.1) is 5.41 Å². The normalized spacial score (nSPS) is 28.4. The van der Waals surface area contributed by atoms with Crippen molar-refractivity contribution in [2.24, 2.45) is 10.4 Å². The van der Waals surface area contributed by atoms with E-state index in [4.69, 9.17) is 4.74 Å². The summed E-state index contributed by atoms with van der Waals surface area (Å²) in [6.45, 7) is 9.70. The maximum Gasteiger partial charge on any atom is 0.193 e. The van der Waals surface area contributed by atoms with Gasteiger partial charge >= 0.3 is 0 Å². The summed E-state index contributed by atoms with van der Waals surface area (Å²) in [4.78, 5) is 6.94. The van der Waals surface area contributed by atoms with Gasteiger partial charge in [-0.05, 0) is 37.4 Å². The van der Waals surface area contributed by atoms with E-state index in [2.05, 4.69) is 35.3 Å². The first-order chi connectivity index (χ1) is 10.1. The molecule has 2 aliphatic heterocycles. The molecule has 0 aliphatic carbocycles. The van der Waals surface area contributed by atoms with Gasteiger partial charge in [-0.2, -0.15) is 11.8 Å². The van der Waals surface area contributed by atoms with Crippen LogP contribution in [0.2, 0.25) is 0 Å². The fourth-order valence-corrected chi connectivity index (χ4v) is 4.05. The Bertz CT molecular complexity index is 374. The maximum absolute atomic E-state index is 5.52. The molecule has 1 unspecified atom stereocenters. The zero-order valence-electron chi connectivity index (χ0n) is 14.5. The molecule has 0 spiro atoms. The zero-order chi connectivity index (χ0) is 15.3. The summed E-state index contributed by atoms with van der Waals surface area (Å²) in [6.07, 6.45) is 6.99. The summed E-state index contributed by atoms with van der Waals surface area (Å²) in [5, 5.41) is 3.63. The van der Waals surface area contributed by atoms with Gasteiger partial charge in [0, 0.05) is 44.6 Å². The summed E-state index contributed by atoms with van der Waals surface area (Å²) < 4.78 is 5.83. The van der Waals surface area contributed by atoms with Crippen LogP contribution in [0.25, 0.3) is 0 Å². The first kappa shape index (κ1) is 20.4. The van der Waals surface area contributed by atoms with E-state index < -0.39 is 0 Å². The highest BCUT2D eigenvalue weighted by Gasteiger charge is 2.35. The van der Waals surface area contributed by atoms with E-state index >= 15 is 0 Å². The first-order valence-corrected chi connectivity index (χ1v) is 9.37. The van der Waals surface area contributed by atoms with Gasteiger partial charge in [0.15, 0.2) is 5.96 Å². The van der Waals surface area contributed by atoms with Gasteiger partial charge in [-0.1, -0.05) is 13.8 Å². The molecule has 0 amide bonds. The van der Waals surface area contributed by atoms with Gasteiger partial charge in [0.05, 0.1) is 0 Å². The van der Waals surface area contributed by atoms with Crippen LogP contribution in [0.4, 0.5) is 0 Å². The molecular weight excluding hydrogens is 409 g/mol. The lowest BCUT2D eigenvalue weighted by atomic mass is 9.87. The average Bonchev–Trinajstić information content (AvgIpc) is 2.92. The molecule has 22 heavy (non-hydrogen) atoms. The highest BCUT2D eigenvalue weighted by molar-refractivity contribution is 14.0. The van der Waals surface area contributed by atoms with Crippen LogP contribution in [0.5, 0.6) is 0 Å². The van der Waals surface area contributed by atoms with E-state index in [0.29, 0.717) is 10.2 Å². The number of halogens is 1. The molecule has 1 atom stereocenters. The number of nitrogens with one attached hydrogen (secondary N) is 1. The lowest BCUT2D eigenvalue weighted by molar-refractivity contribution is 0.0781. The molecule has 0 aromatic carbocycles. The minimum Gasteiger partial charge on any atom is -0.381 e. The Morgan fingerprint density at radius 1 is 1.32 bits per heavy atom. The number of hydrogen-bond donors (Lipinski definition) is 1. The Morgan fingerprint density at radius 2 is 2.00 bits per heavy atom. The van der Waals surface area contributed by atoms with Crippen molar-refractivity contribution < 1.29 is 4.74 Å². The van der Waals surface area contributed by atoms with Gasteiger partial charge in [-0.25, -0.2) is 0 Å². The van der Waals surface area contributed by atoms with Crippen LogP contribution >= 0.6 is 35.7 Å². The molecule has 0 saturated carbocycles. The molecule has 2 rings (SSSR count). The molecule has 0 radical (unpaired) electrons. The smallest absolute Gasteiger partial charge is 0.193 e. The van der Waals surface area contributed by atoms with Crippen LogP contribution in [-0.2, 0) is 4.74 Å². The Labute approximate surface area is 157 Å². The molecule has 2 heterocycles. The topological polar surface area (TPSA) is 36.9 Å². The fraction of sp³-hybridized carbons (Fsp3) is 0.938. The highest BCUT2D eigenvalue weighted by Crippen LogP contribution is 2.34. The Kier molecular flexibility index (Phi) is 8.30. The molecule has 0 bridgehead atoms. The maximum atomic E-state index is 5.52. The number of ether oxygens (including phenoxy) is 1.